The summed E-state index contributed by atoms with van der Waals surface area (Å²) in [7, 11) is 3.89. The van der Waals surface area contributed by atoms with Gasteiger partial charge in [0.25, 0.3) is 5.91 Å². The smallest absolute Gasteiger partial charge is 0.255 e. The molecule has 5 nitrogen and oxygen atoms in total. The minimum atomic E-state index is -0.496. The topological polar surface area (TPSA) is 61.4 Å². The molecule has 0 atom stereocenters. The van der Waals surface area contributed by atoms with Crippen LogP contribution in [0.25, 0.3) is 0 Å². The van der Waals surface area contributed by atoms with Gasteiger partial charge in [-0.3, -0.25) is 9.59 Å². The lowest BCUT2D eigenvalue weighted by Crippen LogP contribution is -2.45. The monoisotopic (exact) mass is 405 g/mol. The number of nitrogens with zero attached hydrogens (tertiary/aromatic N) is 1. The molecule has 0 radical (unpaired) electrons. The van der Waals surface area contributed by atoms with E-state index in [1.165, 1.54) is 0 Å². The molecule has 2 aromatic rings. The summed E-state index contributed by atoms with van der Waals surface area (Å²) in [6.07, 6.45) is 6.65. The minimum absolute atomic E-state index is 0.0689. The Morgan fingerprint density at radius 3 is 2.40 bits per heavy atom. The van der Waals surface area contributed by atoms with Gasteiger partial charge in [-0.05, 0) is 48.7 Å². The van der Waals surface area contributed by atoms with Crippen molar-refractivity contribution in [1.82, 2.24) is 5.32 Å². The summed E-state index contributed by atoms with van der Waals surface area (Å²) in [4.78, 5) is 27.6. The molecule has 1 aliphatic rings. The third-order valence-corrected chi connectivity index (χ3v) is 5.87. The standard InChI is InChI=1S/C25H31N3O2/c1-4-17-26-24(30)25(15-6-5-7-16-25)20-11-13-21(14-12-20)27-23(29)19-9-8-10-22(18-19)28(2)3/h4,8-14,18H,1,5-7,15-17H2,2-3H3,(H,26,30)(H,27,29). The first kappa shape index (κ1) is 21.6. The van der Waals surface area contributed by atoms with E-state index >= 15 is 0 Å². The molecule has 0 aliphatic heterocycles. The van der Waals surface area contributed by atoms with Gasteiger partial charge in [0.1, 0.15) is 0 Å². The van der Waals surface area contributed by atoms with Crippen LogP contribution in [0.5, 0.6) is 0 Å². The van der Waals surface area contributed by atoms with E-state index in [2.05, 4.69) is 17.2 Å². The quantitative estimate of drug-likeness (QED) is 0.667. The molecule has 0 unspecified atom stereocenters. The predicted molar refractivity (Wildman–Crippen MR) is 123 cm³/mol. The zero-order valence-corrected chi connectivity index (χ0v) is 17.9. The van der Waals surface area contributed by atoms with Crippen LogP contribution < -0.4 is 15.5 Å². The number of anilines is 2. The first-order chi connectivity index (χ1) is 14.5. The Labute approximate surface area is 179 Å². The van der Waals surface area contributed by atoms with Crippen molar-refractivity contribution in [3.05, 3.63) is 72.3 Å². The number of carbonyl (C=O) groups is 2. The predicted octanol–water partition coefficient (Wildman–Crippen LogP) is 4.51. The molecular formula is C25H31N3O2. The van der Waals surface area contributed by atoms with Crippen molar-refractivity contribution in [2.75, 3.05) is 30.9 Å². The Hall–Kier alpha value is -3.08. The van der Waals surface area contributed by atoms with Crippen LogP contribution in [0.15, 0.2) is 61.2 Å². The van der Waals surface area contributed by atoms with Gasteiger partial charge >= 0.3 is 0 Å². The van der Waals surface area contributed by atoms with Crippen molar-refractivity contribution in [1.29, 1.82) is 0 Å². The fraction of sp³-hybridized carbons (Fsp3) is 0.360. The summed E-state index contributed by atoms with van der Waals surface area (Å²) < 4.78 is 0. The van der Waals surface area contributed by atoms with Gasteiger partial charge in [0, 0.05) is 37.6 Å². The van der Waals surface area contributed by atoms with Gasteiger partial charge in [-0.15, -0.1) is 6.58 Å². The van der Waals surface area contributed by atoms with E-state index < -0.39 is 5.41 Å². The van der Waals surface area contributed by atoms with E-state index in [1.54, 1.807) is 12.1 Å². The van der Waals surface area contributed by atoms with Crippen molar-refractivity contribution in [2.45, 2.75) is 37.5 Å². The van der Waals surface area contributed by atoms with Gasteiger partial charge in [0.2, 0.25) is 5.91 Å². The molecule has 2 N–H and O–H groups in total. The third kappa shape index (κ3) is 4.73. The maximum atomic E-state index is 13.0. The minimum Gasteiger partial charge on any atom is -0.378 e. The summed E-state index contributed by atoms with van der Waals surface area (Å²) in [5, 5.41) is 5.95. The SMILES string of the molecule is C=CCNC(=O)C1(c2ccc(NC(=O)c3cccc(N(C)C)c3)cc2)CCCCC1. The maximum absolute atomic E-state index is 13.0. The zero-order valence-electron chi connectivity index (χ0n) is 17.9. The Morgan fingerprint density at radius 1 is 1.07 bits per heavy atom. The van der Waals surface area contributed by atoms with Crippen LogP contribution in [0.4, 0.5) is 11.4 Å². The molecule has 0 heterocycles. The van der Waals surface area contributed by atoms with Gasteiger partial charge in [-0.2, -0.15) is 0 Å². The first-order valence-corrected chi connectivity index (χ1v) is 10.5. The summed E-state index contributed by atoms with van der Waals surface area (Å²) in [5.41, 5.74) is 2.82. The highest BCUT2D eigenvalue weighted by Gasteiger charge is 2.40. The van der Waals surface area contributed by atoms with Gasteiger partial charge in [0.15, 0.2) is 0 Å². The van der Waals surface area contributed by atoms with Crippen LogP contribution in [-0.4, -0.2) is 32.5 Å². The van der Waals surface area contributed by atoms with Crippen molar-refractivity contribution < 1.29 is 9.59 Å². The highest BCUT2D eigenvalue weighted by Crippen LogP contribution is 2.40. The highest BCUT2D eigenvalue weighted by molar-refractivity contribution is 6.04. The number of benzene rings is 2. The molecule has 3 rings (SSSR count). The molecule has 0 bridgehead atoms. The number of rotatable bonds is 7. The second kappa shape index (κ2) is 9.61. The van der Waals surface area contributed by atoms with Crippen LogP contribution in [-0.2, 0) is 10.2 Å². The zero-order chi connectivity index (χ0) is 21.6. The largest absolute Gasteiger partial charge is 0.378 e. The van der Waals surface area contributed by atoms with E-state index in [9.17, 15) is 9.59 Å². The molecule has 1 fully saturated rings. The third-order valence-electron chi connectivity index (χ3n) is 5.87. The average molecular weight is 406 g/mol. The molecule has 30 heavy (non-hydrogen) atoms. The lowest BCUT2D eigenvalue weighted by molar-refractivity contribution is -0.127. The van der Waals surface area contributed by atoms with Crippen LogP contribution in [0.3, 0.4) is 0 Å². The molecular weight excluding hydrogens is 374 g/mol. The van der Waals surface area contributed by atoms with E-state index in [-0.39, 0.29) is 11.8 Å². The number of carbonyl (C=O) groups excluding carboxylic acids is 2. The van der Waals surface area contributed by atoms with Crippen LogP contribution in [0.1, 0.15) is 48.0 Å². The Morgan fingerprint density at radius 2 is 1.77 bits per heavy atom. The van der Waals surface area contributed by atoms with Crippen molar-refractivity contribution >= 4 is 23.2 Å². The van der Waals surface area contributed by atoms with E-state index in [0.717, 1.165) is 49.0 Å². The molecule has 0 saturated heterocycles. The summed E-state index contributed by atoms with van der Waals surface area (Å²) in [6, 6.07) is 15.2. The number of hydrogen-bond donors (Lipinski definition) is 2. The molecule has 2 aromatic carbocycles. The second-order valence-corrected chi connectivity index (χ2v) is 8.12. The second-order valence-electron chi connectivity index (χ2n) is 8.12. The highest BCUT2D eigenvalue weighted by atomic mass is 16.2. The fourth-order valence-corrected chi connectivity index (χ4v) is 4.14. The molecule has 158 valence electrons. The first-order valence-electron chi connectivity index (χ1n) is 10.5. The summed E-state index contributed by atoms with van der Waals surface area (Å²) in [6.45, 7) is 4.17. The maximum Gasteiger partial charge on any atom is 0.255 e. The Bertz CT molecular complexity index is 897. The number of nitrogens with one attached hydrogen (secondary N) is 2. The molecule has 1 aliphatic carbocycles. The molecule has 0 spiro atoms. The number of hydrogen-bond acceptors (Lipinski definition) is 3. The Balaban J connectivity index is 1.77. The van der Waals surface area contributed by atoms with E-state index in [4.69, 9.17) is 0 Å². The van der Waals surface area contributed by atoms with E-state index in [1.807, 2.05) is 61.5 Å². The normalized spacial score (nSPS) is 15.1. The van der Waals surface area contributed by atoms with Crippen LogP contribution in [0, 0.1) is 0 Å². The van der Waals surface area contributed by atoms with Crippen LogP contribution >= 0.6 is 0 Å². The average Bonchev–Trinajstić information content (AvgIpc) is 2.78. The number of amides is 2. The summed E-state index contributed by atoms with van der Waals surface area (Å²) in [5.74, 6) is -0.0815. The van der Waals surface area contributed by atoms with Gasteiger partial charge in [-0.1, -0.05) is 43.5 Å². The molecule has 1 saturated carbocycles. The van der Waals surface area contributed by atoms with Gasteiger partial charge in [-0.25, -0.2) is 0 Å². The lowest BCUT2D eigenvalue weighted by Gasteiger charge is -2.36. The summed E-state index contributed by atoms with van der Waals surface area (Å²) >= 11 is 0. The molecule has 2 amide bonds. The van der Waals surface area contributed by atoms with Crippen molar-refractivity contribution in [3.63, 3.8) is 0 Å². The molecule has 5 heteroatoms. The molecule has 0 aromatic heterocycles. The van der Waals surface area contributed by atoms with Gasteiger partial charge in [0.05, 0.1) is 5.41 Å². The van der Waals surface area contributed by atoms with Crippen LogP contribution in [0.2, 0.25) is 0 Å². The Kier molecular flexibility index (Phi) is 6.93. The van der Waals surface area contributed by atoms with Crippen molar-refractivity contribution in [2.24, 2.45) is 0 Å². The van der Waals surface area contributed by atoms with Crippen molar-refractivity contribution in [3.8, 4) is 0 Å². The van der Waals surface area contributed by atoms with E-state index in [0.29, 0.717) is 12.1 Å². The fourth-order valence-electron chi connectivity index (χ4n) is 4.14. The van der Waals surface area contributed by atoms with Gasteiger partial charge < -0.3 is 15.5 Å². The lowest BCUT2D eigenvalue weighted by atomic mass is 9.68.